The lowest BCUT2D eigenvalue weighted by Crippen LogP contribution is -2.20. The summed E-state index contributed by atoms with van der Waals surface area (Å²) in [5.74, 6) is 0.0952. The van der Waals surface area contributed by atoms with Crippen LogP contribution in [-0.2, 0) is 11.2 Å². The van der Waals surface area contributed by atoms with E-state index >= 15 is 0 Å². The van der Waals surface area contributed by atoms with E-state index in [-0.39, 0.29) is 6.42 Å². The second-order valence-electron chi connectivity index (χ2n) is 4.76. The fourth-order valence-electron chi connectivity index (χ4n) is 1.97. The average Bonchev–Trinajstić information content (AvgIpc) is 2.49. The Balaban J connectivity index is 2.02. The number of hydrogen-bond acceptors (Lipinski definition) is 3. The van der Waals surface area contributed by atoms with Crippen molar-refractivity contribution in [1.82, 2.24) is 0 Å². The smallest absolute Gasteiger partial charge is 0.323 e. The molecule has 0 bridgehead atoms. The van der Waals surface area contributed by atoms with E-state index in [1.165, 1.54) is 7.11 Å². The van der Waals surface area contributed by atoms with E-state index in [2.05, 4.69) is 10.6 Å². The first-order valence-electron chi connectivity index (χ1n) is 6.76. The molecule has 0 atom stereocenters. The first-order chi connectivity index (χ1) is 11.0. The van der Waals surface area contributed by atoms with Gasteiger partial charge in [0.1, 0.15) is 5.75 Å². The third kappa shape index (κ3) is 4.89. The number of urea groups is 1. The van der Waals surface area contributed by atoms with Gasteiger partial charge >= 0.3 is 6.03 Å². The molecule has 3 amide bonds. The number of nitrogens with one attached hydrogen (secondary N) is 2. The van der Waals surface area contributed by atoms with E-state index in [9.17, 15) is 9.59 Å². The van der Waals surface area contributed by atoms with Gasteiger partial charge in [-0.25, -0.2) is 4.79 Å². The van der Waals surface area contributed by atoms with Crippen molar-refractivity contribution >= 4 is 34.9 Å². The standard InChI is InChI=1S/C16H16ClN3O3/c1-23-14-7-4-11(17)9-13(14)20-16(22)19-12-5-2-10(3-6-12)8-15(18)21/h2-7,9H,8H2,1H3,(H2,18,21)(H2,19,20,22). The quantitative estimate of drug-likeness (QED) is 0.785. The predicted octanol–water partition coefficient (Wildman–Crippen LogP) is 3.02. The van der Waals surface area contributed by atoms with Crippen LogP contribution in [0.2, 0.25) is 5.02 Å². The molecule has 0 fully saturated rings. The summed E-state index contributed by atoms with van der Waals surface area (Å²) in [6.07, 6.45) is 0.159. The van der Waals surface area contributed by atoms with Crippen LogP contribution in [0, 0.1) is 0 Å². The number of carbonyl (C=O) groups excluding carboxylic acids is 2. The van der Waals surface area contributed by atoms with Gasteiger partial charge in [0.2, 0.25) is 5.91 Å². The van der Waals surface area contributed by atoms with E-state index < -0.39 is 11.9 Å². The number of halogens is 1. The molecule has 0 radical (unpaired) electrons. The van der Waals surface area contributed by atoms with Crippen LogP contribution in [0.4, 0.5) is 16.2 Å². The van der Waals surface area contributed by atoms with Crippen LogP contribution >= 0.6 is 11.6 Å². The van der Waals surface area contributed by atoms with Crippen LogP contribution in [0.5, 0.6) is 5.75 Å². The minimum Gasteiger partial charge on any atom is -0.495 e. The van der Waals surface area contributed by atoms with Crippen LogP contribution in [0.1, 0.15) is 5.56 Å². The van der Waals surface area contributed by atoms with Crippen molar-refractivity contribution in [1.29, 1.82) is 0 Å². The molecule has 0 saturated heterocycles. The molecular weight excluding hydrogens is 318 g/mol. The maximum atomic E-state index is 12.0. The average molecular weight is 334 g/mol. The molecule has 0 aliphatic carbocycles. The number of primary amides is 1. The Morgan fingerprint density at radius 2 is 1.83 bits per heavy atom. The van der Waals surface area contributed by atoms with Gasteiger partial charge in [0.05, 0.1) is 19.2 Å². The van der Waals surface area contributed by atoms with Crippen LogP contribution in [0.15, 0.2) is 42.5 Å². The van der Waals surface area contributed by atoms with Crippen molar-refractivity contribution < 1.29 is 14.3 Å². The molecule has 0 spiro atoms. The van der Waals surface area contributed by atoms with Gasteiger partial charge in [-0.3, -0.25) is 4.79 Å². The highest BCUT2D eigenvalue weighted by molar-refractivity contribution is 6.31. The molecule has 2 aromatic rings. The van der Waals surface area contributed by atoms with Gasteiger partial charge in [-0.2, -0.15) is 0 Å². The lowest BCUT2D eigenvalue weighted by molar-refractivity contribution is -0.117. The first-order valence-corrected chi connectivity index (χ1v) is 7.14. The first kappa shape index (κ1) is 16.6. The maximum Gasteiger partial charge on any atom is 0.323 e. The highest BCUT2D eigenvalue weighted by Crippen LogP contribution is 2.27. The number of amides is 3. The Morgan fingerprint density at radius 1 is 1.13 bits per heavy atom. The van der Waals surface area contributed by atoms with E-state index in [1.54, 1.807) is 42.5 Å². The lowest BCUT2D eigenvalue weighted by Gasteiger charge is -2.11. The van der Waals surface area contributed by atoms with E-state index in [4.69, 9.17) is 22.1 Å². The number of hydrogen-bond donors (Lipinski definition) is 3. The van der Waals surface area contributed by atoms with Gasteiger partial charge in [0.25, 0.3) is 0 Å². The second-order valence-corrected chi connectivity index (χ2v) is 5.20. The summed E-state index contributed by atoms with van der Waals surface area (Å²) in [6, 6.07) is 11.3. The Labute approximate surface area is 138 Å². The number of nitrogens with two attached hydrogens (primary N) is 1. The molecule has 23 heavy (non-hydrogen) atoms. The fourth-order valence-corrected chi connectivity index (χ4v) is 2.14. The molecule has 2 aromatic carbocycles. The molecule has 0 aliphatic rings. The molecule has 0 saturated carbocycles. The van der Waals surface area contributed by atoms with Gasteiger partial charge in [-0.15, -0.1) is 0 Å². The SMILES string of the molecule is COc1ccc(Cl)cc1NC(=O)Nc1ccc(CC(N)=O)cc1. The summed E-state index contributed by atoms with van der Waals surface area (Å²) in [7, 11) is 1.50. The lowest BCUT2D eigenvalue weighted by atomic mass is 10.1. The molecule has 6 nitrogen and oxygen atoms in total. The number of benzene rings is 2. The molecule has 2 rings (SSSR count). The van der Waals surface area contributed by atoms with E-state index in [0.29, 0.717) is 22.1 Å². The third-order valence-corrected chi connectivity index (χ3v) is 3.23. The monoisotopic (exact) mass is 333 g/mol. The van der Waals surface area contributed by atoms with Crippen LogP contribution < -0.4 is 21.1 Å². The summed E-state index contributed by atoms with van der Waals surface area (Å²) in [5, 5.41) is 5.82. The minimum atomic E-state index is -0.437. The molecule has 7 heteroatoms. The summed E-state index contributed by atoms with van der Waals surface area (Å²) < 4.78 is 5.16. The van der Waals surface area contributed by atoms with Gasteiger partial charge in [-0.1, -0.05) is 23.7 Å². The Bertz CT molecular complexity index is 717. The van der Waals surface area contributed by atoms with Crippen molar-refractivity contribution in [2.75, 3.05) is 17.7 Å². The molecule has 0 aromatic heterocycles. The number of carbonyl (C=O) groups is 2. The number of rotatable bonds is 5. The third-order valence-electron chi connectivity index (χ3n) is 3.00. The summed E-state index contributed by atoms with van der Waals surface area (Å²) >= 11 is 5.91. The van der Waals surface area contributed by atoms with Gasteiger partial charge < -0.3 is 21.1 Å². The molecule has 4 N–H and O–H groups in total. The van der Waals surface area contributed by atoms with Crippen LogP contribution in [-0.4, -0.2) is 19.0 Å². The maximum absolute atomic E-state index is 12.0. The van der Waals surface area contributed by atoms with Gasteiger partial charge in [0, 0.05) is 10.7 Å². The van der Waals surface area contributed by atoms with Gasteiger partial charge in [-0.05, 0) is 35.9 Å². The number of methoxy groups -OCH3 is 1. The summed E-state index contributed by atoms with van der Waals surface area (Å²) in [6.45, 7) is 0. The molecule has 0 heterocycles. The van der Waals surface area contributed by atoms with Crippen molar-refractivity contribution in [2.24, 2.45) is 5.73 Å². The zero-order chi connectivity index (χ0) is 16.8. The Morgan fingerprint density at radius 3 is 2.43 bits per heavy atom. The van der Waals surface area contributed by atoms with Crippen molar-refractivity contribution in [2.45, 2.75) is 6.42 Å². The minimum absolute atomic E-state index is 0.159. The molecule has 0 unspecified atom stereocenters. The number of anilines is 2. The highest BCUT2D eigenvalue weighted by Gasteiger charge is 2.08. The van der Waals surface area contributed by atoms with Crippen molar-refractivity contribution in [3.63, 3.8) is 0 Å². The summed E-state index contributed by atoms with van der Waals surface area (Å²) in [4.78, 5) is 22.9. The largest absolute Gasteiger partial charge is 0.495 e. The molecular formula is C16H16ClN3O3. The zero-order valence-corrected chi connectivity index (χ0v) is 13.2. The van der Waals surface area contributed by atoms with Crippen LogP contribution in [0.25, 0.3) is 0 Å². The van der Waals surface area contributed by atoms with Gasteiger partial charge in [0.15, 0.2) is 0 Å². The van der Waals surface area contributed by atoms with Crippen LogP contribution in [0.3, 0.4) is 0 Å². The van der Waals surface area contributed by atoms with Crippen molar-refractivity contribution in [3.8, 4) is 5.75 Å². The summed E-state index contributed by atoms with van der Waals surface area (Å²) in [5.41, 5.74) is 6.95. The second kappa shape index (κ2) is 7.51. The predicted molar refractivity (Wildman–Crippen MR) is 90.0 cm³/mol. The highest BCUT2D eigenvalue weighted by atomic mass is 35.5. The van der Waals surface area contributed by atoms with E-state index in [0.717, 1.165) is 5.56 Å². The topological polar surface area (TPSA) is 93.4 Å². The number of ether oxygens (including phenoxy) is 1. The van der Waals surface area contributed by atoms with E-state index in [1.807, 2.05) is 0 Å². The fraction of sp³-hybridized carbons (Fsp3) is 0.125. The zero-order valence-electron chi connectivity index (χ0n) is 12.4. The normalized spacial score (nSPS) is 10.0. The Kier molecular flexibility index (Phi) is 5.43. The van der Waals surface area contributed by atoms with Crippen molar-refractivity contribution in [3.05, 3.63) is 53.1 Å². The molecule has 0 aliphatic heterocycles. The molecule has 120 valence electrons. The Hall–Kier alpha value is -2.73.